The van der Waals surface area contributed by atoms with Gasteiger partial charge in [-0.3, -0.25) is 14.2 Å². The van der Waals surface area contributed by atoms with Gasteiger partial charge in [-0.25, -0.2) is 4.98 Å². The number of carbonyl (C=O) groups excluding carboxylic acids is 1. The molecular weight excluding hydrogens is 334 g/mol. The Kier molecular flexibility index (Phi) is 4.72. The lowest BCUT2D eigenvalue weighted by Crippen LogP contribution is -2.35. The second kappa shape index (κ2) is 6.80. The van der Waals surface area contributed by atoms with E-state index >= 15 is 0 Å². The van der Waals surface area contributed by atoms with Gasteiger partial charge in [0.05, 0.1) is 5.39 Å². The molecule has 5 nitrogen and oxygen atoms in total. The highest BCUT2D eigenvalue weighted by Gasteiger charge is 2.18. The van der Waals surface area contributed by atoms with Crippen LogP contribution in [0, 0.1) is 20.8 Å². The molecule has 0 saturated carbocycles. The monoisotopic (exact) mass is 355 g/mol. The van der Waals surface area contributed by atoms with E-state index in [4.69, 9.17) is 0 Å². The minimum absolute atomic E-state index is 0.00523. The average Bonchev–Trinajstić information content (AvgIpc) is 2.86. The zero-order valence-electron chi connectivity index (χ0n) is 14.9. The molecule has 0 bridgehead atoms. The van der Waals surface area contributed by atoms with Gasteiger partial charge in [0.15, 0.2) is 0 Å². The van der Waals surface area contributed by atoms with Gasteiger partial charge in [-0.2, -0.15) is 0 Å². The number of nitrogens with zero attached hydrogens (tertiary/aromatic N) is 3. The summed E-state index contributed by atoms with van der Waals surface area (Å²) in [6.07, 6.45) is 0. The topological polar surface area (TPSA) is 55.2 Å². The molecule has 0 N–H and O–H groups in total. The zero-order valence-corrected chi connectivity index (χ0v) is 15.7. The summed E-state index contributed by atoms with van der Waals surface area (Å²) >= 11 is 1.52. The number of aromatic nitrogens is 2. The number of aryl methyl sites for hydroxylation is 3. The van der Waals surface area contributed by atoms with Crippen LogP contribution in [-0.2, 0) is 17.9 Å². The molecule has 0 unspecified atom stereocenters. The Bertz CT molecular complexity index is 989. The summed E-state index contributed by atoms with van der Waals surface area (Å²) in [6, 6.07) is 9.79. The van der Waals surface area contributed by atoms with E-state index in [1.165, 1.54) is 15.9 Å². The van der Waals surface area contributed by atoms with E-state index in [0.717, 1.165) is 20.8 Å². The van der Waals surface area contributed by atoms with Crippen molar-refractivity contribution in [2.45, 2.75) is 33.9 Å². The fourth-order valence-electron chi connectivity index (χ4n) is 2.82. The van der Waals surface area contributed by atoms with E-state index in [9.17, 15) is 9.59 Å². The van der Waals surface area contributed by atoms with Crippen LogP contribution in [-0.4, -0.2) is 27.4 Å². The molecule has 2 aromatic heterocycles. The van der Waals surface area contributed by atoms with E-state index in [1.807, 2.05) is 44.2 Å². The van der Waals surface area contributed by atoms with Crippen molar-refractivity contribution in [1.82, 2.24) is 14.5 Å². The second-order valence-corrected chi connectivity index (χ2v) is 7.45. The molecule has 6 heteroatoms. The standard InChI is InChI=1S/C19H21N3O2S/c1-12-13(2)25-18-17(12)19(24)22(14(3)20-18)11-16(23)21(4)10-15-8-6-5-7-9-15/h5-9H,10-11H2,1-4H3. The largest absolute Gasteiger partial charge is 0.340 e. The lowest BCUT2D eigenvalue weighted by molar-refractivity contribution is -0.131. The van der Waals surface area contributed by atoms with Crippen molar-refractivity contribution in [2.75, 3.05) is 7.05 Å². The molecule has 0 atom stereocenters. The Balaban J connectivity index is 1.88. The van der Waals surface area contributed by atoms with Crippen LogP contribution in [0.15, 0.2) is 35.1 Å². The number of thiophene rings is 1. The Morgan fingerprint density at radius 2 is 1.88 bits per heavy atom. The van der Waals surface area contributed by atoms with Crippen LogP contribution in [0.5, 0.6) is 0 Å². The third-order valence-corrected chi connectivity index (χ3v) is 5.56. The molecule has 3 aromatic rings. The van der Waals surface area contributed by atoms with Gasteiger partial charge in [0.1, 0.15) is 17.2 Å². The molecule has 1 aromatic carbocycles. The summed E-state index contributed by atoms with van der Waals surface area (Å²) in [5.74, 6) is 0.458. The first-order valence-corrected chi connectivity index (χ1v) is 8.95. The van der Waals surface area contributed by atoms with Crippen molar-refractivity contribution in [3.05, 3.63) is 62.5 Å². The molecule has 0 saturated heterocycles. The van der Waals surface area contributed by atoms with Gasteiger partial charge in [0.25, 0.3) is 5.56 Å². The van der Waals surface area contributed by atoms with Crippen LogP contribution in [0.4, 0.5) is 0 Å². The third kappa shape index (κ3) is 3.35. The quantitative estimate of drug-likeness (QED) is 0.723. The smallest absolute Gasteiger partial charge is 0.263 e. The molecule has 3 rings (SSSR count). The molecule has 0 fully saturated rings. The first-order chi connectivity index (χ1) is 11.9. The van der Waals surface area contributed by atoms with E-state index in [-0.39, 0.29) is 18.0 Å². The van der Waals surface area contributed by atoms with Gasteiger partial charge in [-0.1, -0.05) is 30.3 Å². The van der Waals surface area contributed by atoms with Crippen molar-refractivity contribution in [1.29, 1.82) is 0 Å². The highest BCUT2D eigenvalue weighted by molar-refractivity contribution is 7.18. The molecule has 0 aliphatic carbocycles. The Morgan fingerprint density at radius 3 is 2.56 bits per heavy atom. The highest BCUT2D eigenvalue weighted by atomic mass is 32.1. The number of amides is 1. The predicted octanol–water partition coefficient (Wildman–Crippen LogP) is 3.04. The normalized spacial score (nSPS) is 11.0. The number of fused-ring (bicyclic) bond motifs is 1. The minimum atomic E-state index is -0.134. The minimum Gasteiger partial charge on any atom is -0.340 e. The summed E-state index contributed by atoms with van der Waals surface area (Å²) in [7, 11) is 1.75. The van der Waals surface area contributed by atoms with Crippen molar-refractivity contribution < 1.29 is 4.79 Å². The molecule has 0 aliphatic heterocycles. The summed E-state index contributed by atoms with van der Waals surface area (Å²) < 4.78 is 1.48. The van der Waals surface area contributed by atoms with Crippen LogP contribution >= 0.6 is 11.3 Å². The first-order valence-electron chi connectivity index (χ1n) is 8.13. The van der Waals surface area contributed by atoms with Crippen molar-refractivity contribution in [3.8, 4) is 0 Å². The summed E-state index contributed by atoms with van der Waals surface area (Å²) in [4.78, 5) is 33.4. The molecular formula is C19H21N3O2S. The SMILES string of the molecule is Cc1sc2nc(C)n(CC(=O)N(C)Cc3ccccc3)c(=O)c2c1C. The fourth-order valence-corrected chi connectivity index (χ4v) is 3.88. The van der Waals surface area contributed by atoms with Gasteiger partial charge in [0, 0.05) is 18.5 Å². The molecule has 0 radical (unpaired) electrons. The number of likely N-dealkylation sites (N-methyl/N-ethyl adjacent to an activating group) is 1. The summed E-state index contributed by atoms with van der Waals surface area (Å²) in [6.45, 7) is 6.21. The molecule has 0 spiro atoms. The fraction of sp³-hybridized carbons (Fsp3) is 0.316. The number of carbonyl (C=O) groups is 1. The van der Waals surface area contributed by atoms with E-state index in [0.29, 0.717) is 17.8 Å². The van der Waals surface area contributed by atoms with Gasteiger partial charge in [-0.05, 0) is 31.9 Å². The van der Waals surface area contributed by atoms with E-state index < -0.39 is 0 Å². The Morgan fingerprint density at radius 1 is 1.20 bits per heavy atom. The van der Waals surface area contributed by atoms with Gasteiger partial charge >= 0.3 is 0 Å². The lowest BCUT2D eigenvalue weighted by Gasteiger charge is -2.18. The van der Waals surface area contributed by atoms with Gasteiger partial charge in [-0.15, -0.1) is 11.3 Å². The van der Waals surface area contributed by atoms with Crippen LogP contribution in [0.3, 0.4) is 0 Å². The maximum absolute atomic E-state index is 12.9. The molecule has 130 valence electrons. The maximum atomic E-state index is 12.9. The second-order valence-electron chi connectivity index (χ2n) is 6.25. The maximum Gasteiger partial charge on any atom is 0.263 e. The number of rotatable bonds is 4. The number of hydrogen-bond donors (Lipinski definition) is 0. The molecule has 0 aliphatic rings. The van der Waals surface area contributed by atoms with Crippen LogP contribution in [0.1, 0.15) is 21.8 Å². The first kappa shape index (κ1) is 17.4. The zero-order chi connectivity index (χ0) is 18.1. The van der Waals surface area contributed by atoms with Crippen LogP contribution < -0.4 is 5.56 Å². The van der Waals surface area contributed by atoms with E-state index in [1.54, 1.807) is 18.9 Å². The van der Waals surface area contributed by atoms with E-state index in [2.05, 4.69) is 4.98 Å². The van der Waals surface area contributed by atoms with Crippen molar-refractivity contribution in [3.63, 3.8) is 0 Å². The number of hydrogen-bond acceptors (Lipinski definition) is 4. The molecule has 2 heterocycles. The lowest BCUT2D eigenvalue weighted by atomic mass is 10.2. The summed E-state index contributed by atoms with van der Waals surface area (Å²) in [5.41, 5.74) is 1.88. The van der Waals surface area contributed by atoms with Crippen LogP contribution in [0.25, 0.3) is 10.2 Å². The predicted molar refractivity (Wildman–Crippen MR) is 101 cm³/mol. The van der Waals surface area contributed by atoms with Crippen molar-refractivity contribution >= 4 is 27.5 Å². The highest BCUT2D eigenvalue weighted by Crippen LogP contribution is 2.26. The van der Waals surface area contributed by atoms with Crippen LogP contribution in [0.2, 0.25) is 0 Å². The molecule has 25 heavy (non-hydrogen) atoms. The average molecular weight is 355 g/mol. The number of benzene rings is 1. The third-order valence-electron chi connectivity index (χ3n) is 4.46. The Hall–Kier alpha value is -2.47. The van der Waals surface area contributed by atoms with Crippen molar-refractivity contribution in [2.24, 2.45) is 0 Å². The van der Waals surface area contributed by atoms with Gasteiger partial charge < -0.3 is 4.90 Å². The summed E-state index contributed by atoms with van der Waals surface area (Å²) in [5, 5.41) is 0.631. The Labute approximate surface area is 150 Å². The van der Waals surface area contributed by atoms with Gasteiger partial charge in [0.2, 0.25) is 5.91 Å². The molecule has 1 amide bonds.